The predicted octanol–water partition coefficient (Wildman–Crippen LogP) is 5.61. The quantitative estimate of drug-likeness (QED) is 0.344. The van der Waals surface area contributed by atoms with Crippen molar-refractivity contribution >= 4 is 35.0 Å². The third-order valence-corrected chi connectivity index (χ3v) is 5.78. The Morgan fingerprint density at radius 3 is 2.42 bits per heavy atom. The van der Waals surface area contributed by atoms with Crippen LogP contribution in [0.5, 0.6) is 5.75 Å². The average Bonchev–Trinajstić information content (AvgIpc) is 3.24. The van der Waals surface area contributed by atoms with Gasteiger partial charge in [0.1, 0.15) is 5.75 Å². The molecular formula is C23H17ClF2N4O2S. The lowest BCUT2D eigenvalue weighted by Gasteiger charge is -2.11. The molecule has 0 bridgehead atoms. The number of nitrogens with one attached hydrogen (secondary N) is 1. The minimum atomic E-state index is -1.04. The van der Waals surface area contributed by atoms with E-state index in [9.17, 15) is 13.6 Å². The molecule has 0 saturated carbocycles. The zero-order valence-electron chi connectivity index (χ0n) is 17.3. The first kappa shape index (κ1) is 22.8. The average molecular weight is 487 g/mol. The van der Waals surface area contributed by atoms with Crippen LogP contribution in [0.25, 0.3) is 17.1 Å². The molecule has 1 N–H and O–H groups in total. The topological polar surface area (TPSA) is 69.0 Å². The highest BCUT2D eigenvalue weighted by atomic mass is 35.5. The summed E-state index contributed by atoms with van der Waals surface area (Å²) in [4.78, 5) is 12.4. The Bertz CT molecular complexity index is 1280. The van der Waals surface area contributed by atoms with Crippen molar-refractivity contribution < 1.29 is 18.3 Å². The maximum atomic E-state index is 13.4. The zero-order valence-corrected chi connectivity index (χ0v) is 18.8. The molecule has 0 radical (unpaired) electrons. The van der Waals surface area contributed by atoms with Crippen LogP contribution >= 0.6 is 23.4 Å². The summed E-state index contributed by atoms with van der Waals surface area (Å²) in [7, 11) is 1.59. The van der Waals surface area contributed by atoms with Crippen LogP contribution < -0.4 is 10.1 Å². The van der Waals surface area contributed by atoms with Crippen molar-refractivity contribution in [1.82, 2.24) is 14.8 Å². The number of rotatable bonds is 7. The Labute approximate surface area is 197 Å². The summed E-state index contributed by atoms with van der Waals surface area (Å²) in [5.74, 6) is -1.16. The minimum absolute atomic E-state index is 0.0205. The van der Waals surface area contributed by atoms with E-state index in [1.54, 1.807) is 19.2 Å². The van der Waals surface area contributed by atoms with Gasteiger partial charge in [-0.2, -0.15) is 0 Å². The number of aromatic nitrogens is 3. The van der Waals surface area contributed by atoms with Gasteiger partial charge >= 0.3 is 0 Å². The van der Waals surface area contributed by atoms with Gasteiger partial charge < -0.3 is 10.1 Å². The predicted molar refractivity (Wildman–Crippen MR) is 124 cm³/mol. The van der Waals surface area contributed by atoms with Gasteiger partial charge in [0.15, 0.2) is 22.6 Å². The Hall–Kier alpha value is -3.43. The lowest BCUT2D eigenvalue weighted by Crippen LogP contribution is -2.15. The van der Waals surface area contributed by atoms with Crippen molar-refractivity contribution in [2.45, 2.75) is 5.16 Å². The van der Waals surface area contributed by atoms with Gasteiger partial charge in [0.25, 0.3) is 0 Å². The Morgan fingerprint density at radius 2 is 1.76 bits per heavy atom. The van der Waals surface area contributed by atoms with E-state index in [0.717, 1.165) is 35.1 Å². The summed E-state index contributed by atoms with van der Waals surface area (Å²) >= 11 is 7.20. The normalized spacial score (nSPS) is 10.8. The number of thioether (sulfide) groups is 1. The fourth-order valence-electron chi connectivity index (χ4n) is 3.01. The summed E-state index contributed by atoms with van der Waals surface area (Å²) < 4.78 is 33.5. The van der Waals surface area contributed by atoms with Crippen molar-refractivity contribution in [3.63, 3.8) is 0 Å². The highest BCUT2D eigenvalue weighted by molar-refractivity contribution is 7.99. The van der Waals surface area contributed by atoms with Gasteiger partial charge in [-0.15, -0.1) is 10.2 Å². The molecule has 0 unspecified atom stereocenters. The van der Waals surface area contributed by atoms with E-state index >= 15 is 0 Å². The monoisotopic (exact) mass is 486 g/mol. The summed E-state index contributed by atoms with van der Waals surface area (Å²) in [6.07, 6.45) is 0. The molecule has 10 heteroatoms. The molecule has 0 atom stereocenters. The molecular weight excluding hydrogens is 470 g/mol. The molecule has 33 heavy (non-hydrogen) atoms. The van der Waals surface area contributed by atoms with Crippen LogP contribution in [0.1, 0.15) is 0 Å². The van der Waals surface area contributed by atoms with E-state index in [0.29, 0.717) is 21.8 Å². The van der Waals surface area contributed by atoms with Crippen LogP contribution in [0.2, 0.25) is 5.02 Å². The highest BCUT2D eigenvalue weighted by Crippen LogP contribution is 2.29. The third-order valence-electron chi connectivity index (χ3n) is 4.60. The summed E-state index contributed by atoms with van der Waals surface area (Å²) in [6.45, 7) is 0. The lowest BCUT2D eigenvalue weighted by atomic mass is 10.2. The van der Waals surface area contributed by atoms with Gasteiger partial charge in [0, 0.05) is 28.0 Å². The molecule has 3 aromatic carbocycles. The number of hydrogen-bond acceptors (Lipinski definition) is 5. The largest absolute Gasteiger partial charge is 0.497 e. The molecule has 4 aromatic rings. The molecule has 168 valence electrons. The second-order valence-corrected chi connectivity index (χ2v) is 8.19. The van der Waals surface area contributed by atoms with E-state index in [-0.39, 0.29) is 11.4 Å². The summed E-state index contributed by atoms with van der Waals surface area (Å²) in [5.41, 5.74) is 1.73. The van der Waals surface area contributed by atoms with E-state index in [2.05, 4.69) is 15.5 Å². The number of amides is 1. The van der Waals surface area contributed by atoms with Crippen LogP contribution in [0, 0.1) is 11.6 Å². The maximum Gasteiger partial charge on any atom is 0.234 e. The van der Waals surface area contributed by atoms with Gasteiger partial charge in [0.2, 0.25) is 5.91 Å². The van der Waals surface area contributed by atoms with Crippen LogP contribution in [-0.2, 0) is 4.79 Å². The van der Waals surface area contributed by atoms with Crippen molar-refractivity contribution in [2.75, 3.05) is 18.2 Å². The van der Waals surface area contributed by atoms with Crippen LogP contribution in [0.3, 0.4) is 0 Å². The van der Waals surface area contributed by atoms with Crippen molar-refractivity contribution in [3.8, 4) is 22.8 Å². The second kappa shape index (κ2) is 10.0. The van der Waals surface area contributed by atoms with Crippen molar-refractivity contribution in [3.05, 3.63) is 83.4 Å². The number of hydrogen-bond donors (Lipinski definition) is 1. The molecule has 6 nitrogen and oxygen atoms in total. The van der Waals surface area contributed by atoms with Crippen LogP contribution in [-0.4, -0.2) is 33.5 Å². The summed E-state index contributed by atoms with van der Waals surface area (Å²) in [5, 5.41) is 12.2. The van der Waals surface area contributed by atoms with Crippen LogP contribution in [0.4, 0.5) is 14.5 Å². The minimum Gasteiger partial charge on any atom is -0.497 e. The van der Waals surface area contributed by atoms with Gasteiger partial charge in [-0.25, -0.2) is 8.78 Å². The van der Waals surface area contributed by atoms with Gasteiger partial charge in [-0.1, -0.05) is 23.4 Å². The van der Waals surface area contributed by atoms with E-state index in [1.165, 1.54) is 6.07 Å². The van der Waals surface area contributed by atoms with E-state index in [4.69, 9.17) is 16.3 Å². The number of halogens is 3. The van der Waals surface area contributed by atoms with Gasteiger partial charge in [-0.05, 0) is 60.7 Å². The summed E-state index contributed by atoms with van der Waals surface area (Å²) in [6, 6.07) is 17.7. The fraction of sp³-hybridized carbons (Fsp3) is 0.0870. The van der Waals surface area contributed by atoms with Crippen LogP contribution in [0.15, 0.2) is 71.9 Å². The first-order valence-corrected chi connectivity index (χ1v) is 11.0. The maximum absolute atomic E-state index is 13.4. The van der Waals surface area contributed by atoms with Gasteiger partial charge in [-0.3, -0.25) is 9.36 Å². The molecule has 0 aliphatic carbocycles. The SMILES string of the molecule is COc1ccc(-c2nnc(SCC(=O)Nc3ccc(F)c(F)c3)n2-c2ccc(Cl)cc2)cc1. The Kier molecular flexibility index (Phi) is 6.90. The molecule has 0 aliphatic rings. The Balaban J connectivity index is 1.59. The number of benzene rings is 3. The first-order chi connectivity index (χ1) is 15.9. The molecule has 0 fully saturated rings. The lowest BCUT2D eigenvalue weighted by molar-refractivity contribution is -0.113. The smallest absolute Gasteiger partial charge is 0.234 e. The molecule has 0 saturated heterocycles. The first-order valence-electron chi connectivity index (χ1n) is 9.68. The van der Waals surface area contributed by atoms with Gasteiger partial charge in [0.05, 0.1) is 12.9 Å². The fourth-order valence-corrected chi connectivity index (χ4v) is 3.89. The molecule has 0 aliphatic heterocycles. The number of ether oxygens (including phenoxy) is 1. The number of carbonyl (C=O) groups excluding carboxylic acids is 1. The Morgan fingerprint density at radius 1 is 1.03 bits per heavy atom. The number of nitrogens with zero attached hydrogens (tertiary/aromatic N) is 3. The van der Waals surface area contributed by atoms with Crippen molar-refractivity contribution in [1.29, 1.82) is 0 Å². The highest BCUT2D eigenvalue weighted by Gasteiger charge is 2.18. The van der Waals surface area contributed by atoms with E-state index in [1.807, 2.05) is 41.0 Å². The molecule has 1 heterocycles. The second-order valence-electron chi connectivity index (χ2n) is 6.81. The molecule has 0 spiro atoms. The number of methoxy groups -OCH3 is 1. The zero-order chi connectivity index (χ0) is 23.4. The third kappa shape index (κ3) is 5.32. The number of anilines is 1. The molecule has 1 amide bonds. The molecule has 1 aromatic heterocycles. The standard InChI is InChI=1S/C23H17ClF2N4O2S/c1-32-18-9-2-14(3-10-18)22-28-29-23(30(22)17-7-4-15(24)5-8-17)33-13-21(31)27-16-6-11-19(25)20(26)12-16/h2-12H,13H2,1H3,(H,27,31). The molecule has 4 rings (SSSR count). The number of carbonyl (C=O) groups is 1. The van der Waals surface area contributed by atoms with Crippen molar-refractivity contribution in [2.24, 2.45) is 0 Å². The van der Waals surface area contributed by atoms with E-state index < -0.39 is 17.5 Å².